The van der Waals surface area contributed by atoms with Crippen LogP contribution in [0.4, 0.5) is 22.7 Å². The van der Waals surface area contributed by atoms with Gasteiger partial charge < -0.3 is 16.2 Å². The number of unbranched alkanes of at least 4 members (excludes halogenated alkanes) is 2. The van der Waals surface area contributed by atoms with E-state index in [4.69, 9.17) is 5.73 Å². The van der Waals surface area contributed by atoms with Gasteiger partial charge in [0, 0.05) is 17.0 Å². The van der Waals surface area contributed by atoms with E-state index >= 15 is 0 Å². The van der Waals surface area contributed by atoms with Crippen molar-refractivity contribution in [2.24, 2.45) is 16.1 Å². The summed E-state index contributed by atoms with van der Waals surface area (Å²) >= 11 is 0. The number of nitrogen functional groups attached to an aromatic ring is 1. The molecule has 14 heteroatoms. The maximum atomic E-state index is 12.7. The number of anilines is 2. The summed E-state index contributed by atoms with van der Waals surface area (Å²) in [5.41, 5.74) is 9.74. The number of phenolic OH excluding ortho intramolecular Hbond substituents is 1. The van der Waals surface area contributed by atoms with E-state index in [2.05, 4.69) is 22.5 Å². The molecule has 0 unspecified atom stereocenters. The summed E-state index contributed by atoms with van der Waals surface area (Å²) in [4.78, 5) is 10.8. The highest BCUT2D eigenvalue weighted by Gasteiger charge is 2.26. The minimum absolute atomic E-state index is 0.00427. The number of rotatable bonds is 11. The van der Waals surface area contributed by atoms with Crippen molar-refractivity contribution < 1.29 is 35.8 Å². The van der Waals surface area contributed by atoms with Crippen molar-refractivity contribution in [3.8, 4) is 16.9 Å². The van der Waals surface area contributed by atoms with Gasteiger partial charge in [-0.3, -0.25) is 13.9 Å². The predicted octanol–water partition coefficient (Wildman–Crippen LogP) is 7.48. The molecule has 0 aliphatic heterocycles. The van der Waals surface area contributed by atoms with Gasteiger partial charge in [-0.2, -0.15) is 21.9 Å². The number of nitrogens with one attached hydrogen (secondary N) is 1. The number of benzene rings is 4. The number of hydrogen-bond acceptors (Lipinski definition) is 9. The smallest absolute Gasteiger partial charge is 0.296 e. The van der Waals surface area contributed by atoms with Crippen LogP contribution in [0.15, 0.2) is 74.6 Å². The molecule has 4 aromatic carbocycles. The second-order valence-electron chi connectivity index (χ2n) is 11.2. The molecule has 0 aliphatic rings. The molecule has 1 amide bonds. The molecule has 244 valence electrons. The van der Waals surface area contributed by atoms with E-state index < -0.39 is 46.9 Å². The van der Waals surface area contributed by atoms with Gasteiger partial charge in [-0.15, -0.1) is 5.11 Å². The van der Waals surface area contributed by atoms with Crippen molar-refractivity contribution in [2.75, 3.05) is 11.1 Å². The molecule has 6 N–H and O–H groups in total. The van der Waals surface area contributed by atoms with Crippen molar-refractivity contribution in [2.45, 2.75) is 63.2 Å². The van der Waals surface area contributed by atoms with Crippen molar-refractivity contribution in [1.82, 2.24) is 0 Å². The van der Waals surface area contributed by atoms with Gasteiger partial charge in [0.1, 0.15) is 15.5 Å². The Balaban J connectivity index is 1.61. The summed E-state index contributed by atoms with van der Waals surface area (Å²) in [6, 6.07) is 14.1. The van der Waals surface area contributed by atoms with E-state index in [0.29, 0.717) is 11.8 Å². The number of aryl methyl sites for hydroxylation is 2. The first kappa shape index (κ1) is 34.5. The van der Waals surface area contributed by atoms with E-state index in [1.54, 1.807) is 6.07 Å². The molecule has 0 bridgehead atoms. The Morgan fingerprint density at radius 2 is 1.43 bits per heavy atom. The van der Waals surface area contributed by atoms with Crippen LogP contribution in [0.3, 0.4) is 0 Å². The van der Waals surface area contributed by atoms with Crippen LogP contribution in [0.1, 0.15) is 50.7 Å². The van der Waals surface area contributed by atoms with Crippen molar-refractivity contribution in [1.29, 1.82) is 0 Å². The van der Waals surface area contributed by atoms with Gasteiger partial charge in [-0.1, -0.05) is 51.3 Å². The van der Waals surface area contributed by atoms with Gasteiger partial charge in [-0.05, 0) is 78.9 Å². The first-order chi connectivity index (χ1) is 21.5. The largest absolute Gasteiger partial charge is 0.505 e. The number of hydrogen-bond donors (Lipinski definition) is 5. The standard InChI is InChI=1S/C32H36N4O8S2/c1-5-6-7-8-18(2)32(38)34-24-12-9-21(15-19(24)3)22-10-13-25(20(4)16-22)35-36-26-14-11-23-27(45(39,40)41)17-28(46(42,43)44)30(33)29(23)31(26)37/h9-18,37H,5-8,33H2,1-4H3,(H,34,38)(H,39,40,41)(H,42,43,44)/t18-/m1/s1. The number of carbonyl (C=O) groups is 1. The number of fused-ring (bicyclic) bond motifs is 1. The van der Waals surface area contributed by atoms with E-state index in [1.807, 2.05) is 51.1 Å². The molecule has 0 saturated heterocycles. The van der Waals surface area contributed by atoms with E-state index in [9.17, 15) is 35.8 Å². The van der Waals surface area contributed by atoms with Gasteiger partial charge >= 0.3 is 0 Å². The molecule has 0 aromatic heterocycles. The van der Waals surface area contributed by atoms with Crippen LogP contribution in [-0.2, 0) is 25.0 Å². The highest BCUT2D eigenvalue weighted by atomic mass is 32.2. The number of nitrogens with zero attached hydrogens (tertiary/aromatic N) is 2. The van der Waals surface area contributed by atoms with Gasteiger partial charge in [0.05, 0.1) is 16.8 Å². The minimum atomic E-state index is -5.03. The molecule has 1 atom stereocenters. The maximum absolute atomic E-state index is 12.7. The third-order valence-electron chi connectivity index (χ3n) is 7.74. The van der Waals surface area contributed by atoms with Gasteiger partial charge in [-0.25, -0.2) is 0 Å². The van der Waals surface area contributed by atoms with Crippen LogP contribution in [0.25, 0.3) is 21.9 Å². The quantitative estimate of drug-likeness (QED) is 0.0464. The zero-order valence-electron chi connectivity index (χ0n) is 25.8. The topological polar surface area (TPSA) is 209 Å². The first-order valence-electron chi connectivity index (χ1n) is 14.5. The zero-order chi connectivity index (χ0) is 34.0. The molecule has 0 radical (unpaired) electrons. The van der Waals surface area contributed by atoms with Gasteiger partial charge in [0.2, 0.25) is 5.91 Å². The van der Waals surface area contributed by atoms with Crippen LogP contribution in [-0.4, -0.2) is 37.0 Å². The lowest BCUT2D eigenvalue weighted by Crippen LogP contribution is -2.20. The average molecular weight is 669 g/mol. The summed E-state index contributed by atoms with van der Waals surface area (Å²) in [5.74, 6) is -0.788. The predicted molar refractivity (Wildman–Crippen MR) is 177 cm³/mol. The minimum Gasteiger partial charge on any atom is -0.505 e. The Morgan fingerprint density at radius 1 is 0.848 bits per heavy atom. The van der Waals surface area contributed by atoms with Crippen LogP contribution in [0.2, 0.25) is 0 Å². The number of carbonyl (C=O) groups excluding carboxylic acids is 1. The van der Waals surface area contributed by atoms with Gasteiger partial charge in [0.25, 0.3) is 20.2 Å². The van der Waals surface area contributed by atoms with Crippen LogP contribution < -0.4 is 11.1 Å². The molecule has 0 fully saturated rings. The SMILES string of the molecule is CCCCC[C@@H](C)C(=O)Nc1ccc(-c2ccc(N=Nc3ccc4c(S(=O)(=O)O)cc(S(=O)(=O)O)c(N)c4c3O)c(C)c2)cc1C. The van der Waals surface area contributed by atoms with E-state index in [0.717, 1.165) is 53.6 Å². The summed E-state index contributed by atoms with van der Waals surface area (Å²) in [6.07, 6.45) is 4.07. The number of nitrogens with two attached hydrogens (primary N) is 1. The lowest BCUT2D eigenvalue weighted by molar-refractivity contribution is -0.119. The summed E-state index contributed by atoms with van der Waals surface area (Å²) in [6.45, 7) is 7.81. The van der Waals surface area contributed by atoms with E-state index in [-0.39, 0.29) is 22.9 Å². The summed E-state index contributed by atoms with van der Waals surface area (Å²) in [7, 11) is -10.0. The maximum Gasteiger partial charge on any atom is 0.296 e. The van der Waals surface area contributed by atoms with Crippen LogP contribution >= 0.6 is 0 Å². The molecule has 12 nitrogen and oxygen atoms in total. The normalized spacial score (nSPS) is 12.9. The molecule has 0 spiro atoms. The third kappa shape index (κ3) is 7.53. The highest BCUT2D eigenvalue weighted by molar-refractivity contribution is 7.87. The van der Waals surface area contributed by atoms with Crippen LogP contribution in [0, 0.1) is 19.8 Å². The Bertz CT molecular complexity index is 2080. The highest BCUT2D eigenvalue weighted by Crippen LogP contribution is 2.44. The summed E-state index contributed by atoms with van der Waals surface area (Å²) < 4.78 is 66.8. The third-order valence-corrected chi connectivity index (χ3v) is 9.53. The fraction of sp³-hybridized carbons (Fsp3) is 0.281. The Kier molecular flexibility index (Phi) is 10.2. The number of azo groups is 1. The average Bonchev–Trinajstić information content (AvgIpc) is 2.97. The van der Waals surface area contributed by atoms with E-state index in [1.165, 1.54) is 12.1 Å². The lowest BCUT2D eigenvalue weighted by Gasteiger charge is -2.15. The molecule has 0 heterocycles. The first-order valence-corrected chi connectivity index (χ1v) is 17.4. The van der Waals surface area contributed by atoms with Crippen molar-refractivity contribution in [3.63, 3.8) is 0 Å². The van der Waals surface area contributed by atoms with Crippen molar-refractivity contribution >= 4 is 59.7 Å². The van der Waals surface area contributed by atoms with Crippen LogP contribution in [0.5, 0.6) is 5.75 Å². The van der Waals surface area contributed by atoms with Gasteiger partial charge in [0.15, 0.2) is 5.75 Å². The second kappa shape index (κ2) is 13.5. The number of phenols is 1. The fourth-order valence-electron chi connectivity index (χ4n) is 5.09. The fourth-order valence-corrected chi connectivity index (χ4v) is 6.53. The lowest BCUT2D eigenvalue weighted by atomic mass is 9.99. The number of amides is 1. The Morgan fingerprint density at radius 3 is 2.02 bits per heavy atom. The molecule has 0 saturated carbocycles. The molecular weight excluding hydrogens is 633 g/mol. The number of aromatic hydroxyl groups is 1. The monoisotopic (exact) mass is 668 g/mol. The summed E-state index contributed by atoms with van der Waals surface area (Å²) in [5, 5.41) is 21.5. The Labute approximate surface area is 267 Å². The molecule has 4 rings (SSSR count). The molecule has 0 aliphatic carbocycles. The molecular formula is C32H36N4O8S2. The molecule has 46 heavy (non-hydrogen) atoms. The zero-order valence-corrected chi connectivity index (χ0v) is 27.4. The Hall–Kier alpha value is -4.37. The molecule has 4 aromatic rings. The van der Waals surface area contributed by atoms with Crippen molar-refractivity contribution in [3.05, 3.63) is 65.7 Å². The second-order valence-corrected chi connectivity index (χ2v) is 14.0.